The zero-order chi connectivity index (χ0) is 11.5. The average molecular weight is 217 g/mol. The van der Waals surface area contributed by atoms with Crippen molar-refractivity contribution in [2.24, 2.45) is 0 Å². The number of rotatable bonds is 1. The molecule has 3 heteroatoms. The second kappa shape index (κ2) is 10.4. The molecule has 0 aromatic carbocycles. The van der Waals surface area contributed by atoms with Crippen molar-refractivity contribution in [2.75, 3.05) is 20.2 Å². The predicted octanol–water partition coefficient (Wildman–Crippen LogP) is 1.94. The Morgan fingerprint density at radius 1 is 1.13 bits per heavy atom. The lowest BCUT2D eigenvalue weighted by Crippen LogP contribution is -2.34. The summed E-state index contributed by atoms with van der Waals surface area (Å²) in [7, 11) is 1.78. The van der Waals surface area contributed by atoms with E-state index in [1.165, 1.54) is 25.8 Å². The highest BCUT2D eigenvalue weighted by Gasteiger charge is 2.11. The van der Waals surface area contributed by atoms with Crippen LogP contribution in [0, 0.1) is 0 Å². The molecule has 2 rings (SSSR count). The normalized spacial score (nSPS) is 25.2. The van der Waals surface area contributed by atoms with E-state index in [-0.39, 0.29) is 6.10 Å². The van der Waals surface area contributed by atoms with Crippen molar-refractivity contribution >= 4 is 0 Å². The first-order valence-electron chi connectivity index (χ1n) is 6.24. The molecular formula is C12H27NO2. The van der Waals surface area contributed by atoms with Gasteiger partial charge in [-0.05, 0) is 38.6 Å². The Morgan fingerprint density at radius 3 is 1.93 bits per heavy atom. The van der Waals surface area contributed by atoms with Crippen LogP contribution in [0.5, 0.6) is 0 Å². The maximum Gasteiger partial charge on any atom is 0.0696 e. The van der Waals surface area contributed by atoms with Gasteiger partial charge in [-0.25, -0.2) is 0 Å². The van der Waals surface area contributed by atoms with E-state index in [1.807, 2.05) is 13.8 Å². The van der Waals surface area contributed by atoms with Gasteiger partial charge in [0.05, 0.1) is 12.2 Å². The summed E-state index contributed by atoms with van der Waals surface area (Å²) >= 11 is 0. The molecule has 0 unspecified atom stereocenters. The molecule has 2 fully saturated rings. The van der Waals surface area contributed by atoms with Crippen LogP contribution in [0.1, 0.15) is 46.0 Å². The third kappa shape index (κ3) is 7.77. The summed E-state index contributed by atoms with van der Waals surface area (Å²) in [5.41, 5.74) is 0. The summed E-state index contributed by atoms with van der Waals surface area (Å²) < 4.78 is 5.13. The topological polar surface area (TPSA) is 41.5 Å². The van der Waals surface area contributed by atoms with Crippen molar-refractivity contribution in [3.05, 3.63) is 0 Å². The van der Waals surface area contributed by atoms with Crippen LogP contribution in [0.3, 0.4) is 0 Å². The monoisotopic (exact) mass is 217 g/mol. The van der Waals surface area contributed by atoms with Crippen molar-refractivity contribution < 1.29 is 9.84 Å². The quantitative estimate of drug-likeness (QED) is 0.705. The maximum absolute atomic E-state index is 8.45. The number of aliphatic hydroxyl groups is 1. The zero-order valence-electron chi connectivity index (χ0n) is 10.5. The van der Waals surface area contributed by atoms with Crippen molar-refractivity contribution in [2.45, 2.75) is 58.2 Å². The molecule has 2 aliphatic rings. The van der Waals surface area contributed by atoms with E-state index in [2.05, 4.69) is 5.32 Å². The number of piperidine rings is 1. The smallest absolute Gasteiger partial charge is 0.0696 e. The molecule has 3 nitrogen and oxygen atoms in total. The first-order chi connectivity index (χ1) is 7.33. The van der Waals surface area contributed by atoms with Gasteiger partial charge in [0.25, 0.3) is 0 Å². The number of hydrogen-bond acceptors (Lipinski definition) is 3. The molecule has 1 saturated heterocycles. The summed E-state index contributed by atoms with van der Waals surface area (Å²) in [4.78, 5) is 0. The Bertz CT molecular complexity index is 121. The summed E-state index contributed by atoms with van der Waals surface area (Å²) in [6.07, 6.45) is 6.35. The summed E-state index contributed by atoms with van der Waals surface area (Å²) in [6.45, 7) is 6.20. The summed E-state index contributed by atoms with van der Waals surface area (Å²) in [5.74, 6) is 0. The molecule has 0 spiro atoms. The Labute approximate surface area is 94.2 Å². The largest absolute Gasteiger partial charge is 0.393 e. The average Bonchev–Trinajstić information content (AvgIpc) is 2.31. The number of aliphatic hydroxyl groups excluding tert-OH is 1. The predicted molar refractivity (Wildman–Crippen MR) is 64.1 cm³/mol. The molecule has 1 heterocycles. The standard InChI is InChI=1S/C6H13NO.C4H8O.C2H6/c1-8-6-3-2-4-7-5-6;5-4-2-1-3-4;1-2/h6-7H,2-5H2,1H3;4-5H,1-3H2;1-2H3/t6-;;/m1../s1. The van der Waals surface area contributed by atoms with Gasteiger partial charge in [0.15, 0.2) is 0 Å². The van der Waals surface area contributed by atoms with E-state index < -0.39 is 0 Å². The van der Waals surface area contributed by atoms with Crippen LogP contribution in [0.25, 0.3) is 0 Å². The SMILES string of the molecule is CC.CO[C@@H]1CCCNC1.OC1CCC1. The van der Waals surface area contributed by atoms with Crippen LogP contribution in [0.4, 0.5) is 0 Å². The van der Waals surface area contributed by atoms with Gasteiger partial charge in [0.1, 0.15) is 0 Å². The number of ether oxygens (including phenoxy) is 1. The first kappa shape index (κ1) is 14.9. The fourth-order valence-corrected chi connectivity index (χ4v) is 1.41. The van der Waals surface area contributed by atoms with Gasteiger partial charge >= 0.3 is 0 Å². The van der Waals surface area contributed by atoms with Crippen molar-refractivity contribution in [1.29, 1.82) is 0 Å². The molecule has 1 aliphatic heterocycles. The highest BCUT2D eigenvalue weighted by Crippen LogP contribution is 2.16. The van der Waals surface area contributed by atoms with Crippen molar-refractivity contribution in [1.82, 2.24) is 5.32 Å². The summed E-state index contributed by atoms with van der Waals surface area (Å²) in [6, 6.07) is 0. The Morgan fingerprint density at radius 2 is 1.73 bits per heavy atom. The van der Waals surface area contributed by atoms with Crippen molar-refractivity contribution in [3.8, 4) is 0 Å². The lowest BCUT2D eigenvalue weighted by Gasteiger charge is -2.20. The molecule has 1 aliphatic carbocycles. The van der Waals surface area contributed by atoms with Crippen molar-refractivity contribution in [3.63, 3.8) is 0 Å². The number of nitrogens with one attached hydrogen (secondary N) is 1. The molecule has 0 radical (unpaired) electrons. The minimum atomic E-state index is 0.0648. The van der Waals surface area contributed by atoms with Gasteiger partial charge in [0.2, 0.25) is 0 Å². The molecule has 1 saturated carbocycles. The zero-order valence-corrected chi connectivity index (χ0v) is 10.5. The molecule has 0 amide bonds. The van der Waals surface area contributed by atoms with Gasteiger partial charge in [-0.2, -0.15) is 0 Å². The van der Waals surface area contributed by atoms with Crippen LogP contribution < -0.4 is 5.32 Å². The van der Waals surface area contributed by atoms with Gasteiger partial charge in [-0.15, -0.1) is 0 Å². The van der Waals surface area contributed by atoms with E-state index >= 15 is 0 Å². The lowest BCUT2D eigenvalue weighted by molar-refractivity contribution is 0.0810. The van der Waals surface area contributed by atoms with Crippen LogP contribution in [-0.2, 0) is 4.74 Å². The van der Waals surface area contributed by atoms with E-state index in [1.54, 1.807) is 7.11 Å². The van der Waals surface area contributed by atoms with E-state index in [4.69, 9.17) is 9.84 Å². The highest BCUT2D eigenvalue weighted by atomic mass is 16.5. The van der Waals surface area contributed by atoms with E-state index in [0.717, 1.165) is 19.4 Å². The second-order valence-electron chi connectivity index (χ2n) is 3.79. The molecule has 0 aromatic heterocycles. The third-order valence-electron chi connectivity index (χ3n) is 2.66. The first-order valence-corrected chi connectivity index (χ1v) is 6.24. The van der Waals surface area contributed by atoms with Crippen LogP contribution in [0.2, 0.25) is 0 Å². The minimum absolute atomic E-state index is 0.0648. The number of hydrogen-bond donors (Lipinski definition) is 2. The van der Waals surface area contributed by atoms with E-state index in [0.29, 0.717) is 6.10 Å². The lowest BCUT2D eigenvalue weighted by atomic mass is 9.97. The van der Waals surface area contributed by atoms with Gasteiger partial charge in [0, 0.05) is 13.7 Å². The minimum Gasteiger partial charge on any atom is -0.393 e. The van der Waals surface area contributed by atoms with Crippen LogP contribution in [-0.4, -0.2) is 37.5 Å². The Kier molecular flexibility index (Phi) is 10.3. The third-order valence-corrected chi connectivity index (χ3v) is 2.66. The van der Waals surface area contributed by atoms with Gasteiger partial charge in [-0.1, -0.05) is 13.8 Å². The molecule has 0 bridgehead atoms. The highest BCUT2D eigenvalue weighted by molar-refractivity contribution is 4.67. The Balaban J connectivity index is 0.000000241. The Hall–Kier alpha value is -0.120. The van der Waals surface area contributed by atoms with Crippen LogP contribution >= 0.6 is 0 Å². The van der Waals surface area contributed by atoms with Crippen LogP contribution in [0.15, 0.2) is 0 Å². The molecule has 2 N–H and O–H groups in total. The number of methoxy groups -OCH3 is 1. The molecule has 1 atom stereocenters. The summed E-state index contributed by atoms with van der Waals surface area (Å²) in [5, 5.41) is 11.7. The molecule has 0 aromatic rings. The molecule has 15 heavy (non-hydrogen) atoms. The fraction of sp³-hybridized carbons (Fsp3) is 1.00. The van der Waals surface area contributed by atoms with E-state index in [9.17, 15) is 0 Å². The molecular weight excluding hydrogens is 190 g/mol. The molecule has 92 valence electrons. The van der Waals surface area contributed by atoms with Gasteiger partial charge < -0.3 is 15.2 Å². The fourth-order valence-electron chi connectivity index (χ4n) is 1.41. The maximum atomic E-state index is 8.45. The van der Waals surface area contributed by atoms with Gasteiger partial charge in [-0.3, -0.25) is 0 Å². The second-order valence-corrected chi connectivity index (χ2v) is 3.79.